The summed E-state index contributed by atoms with van der Waals surface area (Å²) in [5, 5.41) is 0. The van der Waals surface area contributed by atoms with Crippen LogP contribution in [0.5, 0.6) is 5.75 Å². The number of carbonyl (C=O) groups is 2. The highest BCUT2D eigenvalue weighted by atomic mass is 16.6. The van der Waals surface area contributed by atoms with Crippen LogP contribution < -0.4 is 4.74 Å². The van der Waals surface area contributed by atoms with Gasteiger partial charge in [-0.1, -0.05) is 18.2 Å². The maximum atomic E-state index is 11.1. The maximum Gasteiger partial charge on any atom is 0.303 e. The quantitative estimate of drug-likeness (QED) is 0.524. The monoisotopic (exact) mass is 354 g/mol. The Kier molecular flexibility index (Phi) is 6.19. The zero-order chi connectivity index (χ0) is 19.3. The predicted octanol–water partition coefficient (Wildman–Crippen LogP) is 4.89. The normalized spacial score (nSPS) is 11.1. The number of aldehydes is 1. The van der Waals surface area contributed by atoms with Crippen molar-refractivity contribution in [3.8, 4) is 16.9 Å². The highest BCUT2D eigenvalue weighted by Crippen LogP contribution is 2.31. The van der Waals surface area contributed by atoms with Gasteiger partial charge < -0.3 is 9.47 Å². The van der Waals surface area contributed by atoms with Crippen LogP contribution in [0.25, 0.3) is 11.1 Å². The number of rotatable bonds is 7. The number of hydrogen-bond acceptors (Lipinski definition) is 4. The molecule has 0 radical (unpaired) electrons. The van der Waals surface area contributed by atoms with Crippen LogP contribution in [0.3, 0.4) is 0 Å². The molecule has 0 aliphatic carbocycles. The second kappa shape index (κ2) is 8.17. The predicted molar refractivity (Wildman–Crippen MR) is 103 cm³/mol. The summed E-state index contributed by atoms with van der Waals surface area (Å²) in [6, 6.07) is 11.6. The van der Waals surface area contributed by atoms with E-state index < -0.39 is 5.60 Å². The van der Waals surface area contributed by atoms with Gasteiger partial charge in [0.2, 0.25) is 0 Å². The molecule has 4 heteroatoms. The first-order valence-corrected chi connectivity index (χ1v) is 8.71. The Labute approximate surface area is 155 Å². The third-order valence-corrected chi connectivity index (χ3v) is 4.21. The molecule has 0 fully saturated rings. The first kappa shape index (κ1) is 19.7. The van der Waals surface area contributed by atoms with Gasteiger partial charge in [0, 0.05) is 18.9 Å². The van der Waals surface area contributed by atoms with Crippen LogP contribution in [0.1, 0.15) is 48.7 Å². The van der Waals surface area contributed by atoms with E-state index in [4.69, 9.17) is 9.47 Å². The zero-order valence-corrected chi connectivity index (χ0v) is 16.1. The minimum atomic E-state index is -0.550. The van der Waals surface area contributed by atoms with Gasteiger partial charge in [-0.2, -0.15) is 0 Å². The molecule has 2 rings (SSSR count). The molecule has 0 spiro atoms. The van der Waals surface area contributed by atoms with E-state index in [0.29, 0.717) is 18.6 Å². The van der Waals surface area contributed by atoms with Gasteiger partial charge in [-0.05, 0) is 68.1 Å². The molecule has 0 bridgehead atoms. The topological polar surface area (TPSA) is 52.6 Å². The summed E-state index contributed by atoms with van der Waals surface area (Å²) in [6.45, 7) is 9.68. The highest BCUT2D eigenvalue weighted by molar-refractivity contribution is 5.80. The van der Waals surface area contributed by atoms with E-state index in [2.05, 4.69) is 0 Å². The first-order chi connectivity index (χ1) is 12.2. The summed E-state index contributed by atoms with van der Waals surface area (Å²) in [5.41, 5.74) is 4.41. The fraction of sp³-hybridized carbons (Fsp3) is 0.364. The van der Waals surface area contributed by atoms with Crippen molar-refractivity contribution < 1.29 is 19.1 Å². The number of ether oxygens (including phenoxy) is 2. The van der Waals surface area contributed by atoms with Crippen molar-refractivity contribution in [2.24, 2.45) is 0 Å². The van der Waals surface area contributed by atoms with Crippen molar-refractivity contribution in [2.45, 2.75) is 46.6 Å². The molecular weight excluding hydrogens is 328 g/mol. The molecule has 0 heterocycles. The van der Waals surface area contributed by atoms with E-state index in [-0.39, 0.29) is 5.97 Å². The number of benzene rings is 2. The minimum absolute atomic E-state index is 0.288. The van der Waals surface area contributed by atoms with Crippen LogP contribution in [0.2, 0.25) is 0 Å². The zero-order valence-electron chi connectivity index (χ0n) is 16.1. The second-order valence-corrected chi connectivity index (χ2v) is 7.13. The molecule has 26 heavy (non-hydrogen) atoms. The van der Waals surface area contributed by atoms with Gasteiger partial charge in [-0.25, -0.2) is 0 Å². The molecule has 0 N–H and O–H groups in total. The van der Waals surface area contributed by atoms with Crippen molar-refractivity contribution in [1.82, 2.24) is 0 Å². The van der Waals surface area contributed by atoms with Crippen molar-refractivity contribution in [2.75, 3.05) is 6.61 Å². The Hall–Kier alpha value is -2.62. The van der Waals surface area contributed by atoms with Crippen LogP contribution >= 0.6 is 0 Å². The van der Waals surface area contributed by atoms with E-state index in [9.17, 15) is 9.59 Å². The Morgan fingerprint density at radius 1 is 1.12 bits per heavy atom. The Morgan fingerprint density at radius 2 is 1.77 bits per heavy atom. The first-order valence-electron chi connectivity index (χ1n) is 8.71. The third kappa shape index (κ3) is 5.19. The lowest BCUT2D eigenvalue weighted by Crippen LogP contribution is -2.29. The van der Waals surface area contributed by atoms with Crippen LogP contribution in [0.15, 0.2) is 36.4 Å². The molecule has 0 unspecified atom stereocenters. The smallest absolute Gasteiger partial charge is 0.303 e. The standard InChI is InChI=1S/C22H26O4/c1-15-11-20(25-10-9-22(4,5)26-17(3)24)12-16(2)21(15)19-8-6-7-18(13-19)14-23/h6-8,11-14H,9-10H2,1-5H3. The van der Waals surface area contributed by atoms with Gasteiger partial charge in [-0.15, -0.1) is 0 Å². The van der Waals surface area contributed by atoms with Crippen molar-refractivity contribution in [1.29, 1.82) is 0 Å². The summed E-state index contributed by atoms with van der Waals surface area (Å²) in [5.74, 6) is 0.498. The highest BCUT2D eigenvalue weighted by Gasteiger charge is 2.21. The van der Waals surface area contributed by atoms with Crippen LogP contribution in [0, 0.1) is 13.8 Å². The Balaban J connectivity index is 2.14. The molecule has 0 saturated carbocycles. The Morgan fingerprint density at radius 3 is 2.35 bits per heavy atom. The third-order valence-electron chi connectivity index (χ3n) is 4.21. The maximum absolute atomic E-state index is 11.1. The van der Waals surface area contributed by atoms with Crippen molar-refractivity contribution in [3.05, 3.63) is 53.1 Å². The second-order valence-electron chi connectivity index (χ2n) is 7.13. The molecule has 0 saturated heterocycles. The fourth-order valence-electron chi connectivity index (χ4n) is 3.08. The number of carbonyl (C=O) groups excluding carboxylic acids is 2. The van der Waals surface area contributed by atoms with Gasteiger partial charge in [0.25, 0.3) is 0 Å². The SMILES string of the molecule is CC(=O)OC(C)(C)CCOc1cc(C)c(-c2cccc(C=O)c2)c(C)c1. The average molecular weight is 354 g/mol. The number of hydrogen-bond donors (Lipinski definition) is 0. The minimum Gasteiger partial charge on any atom is -0.493 e. The van der Waals surface area contributed by atoms with Crippen LogP contribution in [-0.2, 0) is 9.53 Å². The molecule has 0 aliphatic rings. The van der Waals surface area contributed by atoms with Gasteiger partial charge in [0.05, 0.1) is 6.61 Å². The summed E-state index contributed by atoms with van der Waals surface area (Å²) in [7, 11) is 0. The summed E-state index contributed by atoms with van der Waals surface area (Å²) < 4.78 is 11.1. The Bertz CT molecular complexity index is 783. The largest absolute Gasteiger partial charge is 0.493 e. The van der Waals surface area contributed by atoms with Crippen molar-refractivity contribution in [3.63, 3.8) is 0 Å². The van der Waals surface area contributed by atoms with E-state index >= 15 is 0 Å². The summed E-state index contributed by atoms with van der Waals surface area (Å²) >= 11 is 0. The van der Waals surface area contributed by atoms with Crippen molar-refractivity contribution >= 4 is 12.3 Å². The molecule has 0 aliphatic heterocycles. The molecule has 2 aromatic carbocycles. The molecule has 0 amide bonds. The van der Waals surface area contributed by atoms with E-state index in [1.165, 1.54) is 6.92 Å². The average Bonchev–Trinajstić information content (AvgIpc) is 2.53. The van der Waals surface area contributed by atoms with Gasteiger partial charge in [0.1, 0.15) is 17.6 Å². The van der Waals surface area contributed by atoms with Crippen LogP contribution in [0.4, 0.5) is 0 Å². The lowest BCUT2D eigenvalue weighted by molar-refractivity contribution is -0.154. The lowest BCUT2D eigenvalue weighted by Gasteiger charge is -2.24. The van der Waals surface area contributed by atoms with Gasteiger partial charge in [0.15, 0.2) is 0 Å². The van der Waals surface area contributed by atoms with Gasteiger partial charge >= 0.3 is 5.97 Å². The molecule has 138 valence electrons. The van der Waals surface area contributed by atoms with Crippen LogP contribution in [-0.4, -0.2) is 24.5 Å². The molecule has 4 nitrogen and oxygen atoms in total. The van der Waals surface area contributed by atoms with Gasteiger partial charge in [-0.3, -0.25) is 9.59 Å². The molecule has 0 atom stereocenters. The molecule has 2 aromatic rings. The number of aryl methyl sites for hydroxylation is 2. The molecule has 0 aromatic heterocycles. The molecular formula is C22H26O4. The number of esters is 1. The summed E-state index contributed by atoms with van der Waals surface area (Å²) in [6.07, 6.45) is 1.46. The summed E-state index contributed by atoms with van der Waals surface area (Å²) in [4.78, 5) is 22.1. The van der Waals surface area contributed by atoms with E-state index in [1.54, 1.807) is 6.07 Å². The lowest BCUT2D eigenvalue weighted by atomic mass is 9.94. The van der Waals surface area contributed by atoms with E-state index in [0.717, 1.165) is 34.3 Å². The fourth-order valence-corrected chi connectivity index (χ4v) is 3.08. The van der Waals surface area contributed by atoms with E-state index in [1.807, 2.05) is 58.0 Å².